The van der Waals surface area contributed by atoms with Crippen LogP contribution in [-0.2, 0) is 22.7 Å². The van der Waals surface area contributed by atoms with E-state index in [1.54, 1.807) is 6.08 Å². The minimum absolute atomic E-state index is 0.112. The van der Waals surface area contributed by atoms with Crippen molar-refractivity contribution in [2.45, 2.75) is 32.9 Å². The standard InChI is InChI=1S/C24H26N2O2/c1-2-3-4-10-23(27)25-17-21-8-5-6-9-22(21)20-14-12-19(13-15-20)18-26-16-7-11-24(26)28/h2-6,8-10,12-15H,7,11,16-18H2,1H3,(H,25,27). The Bertz CT molecular complexity index is 882. The van der Waals surface area contributed by atoms with Crippen molar-refractivity contribution in [2.24, 2.45) is 0 Å². The Hall–Kier alpha value is -3.14. The van der Waals surface area contributed by atoms with E-state index in [0.717, 1.165) is 35.2 Å². The molecule has 0 radical (unpaired) electrons. The normalized spacial score (nSPS) is 14.3. The molecule has 3 rings (SSSR count). The number of amides is 2. The van der Waals surface area contributed by atoms with Gasteiger partial charge in [-0.25, -0.2) is 0 Å². The van der Waals surface area contributed by atoms with Gasteiger partial charge in [-0.1, -0.05) is 66.8 Å². The van der Waals surface area contributed by atoms with Gasteiger partial charge in [0.2, 0.25) is 11.8 Å². The minimum atomic E-state index is -0.112. The molecule has 4 nitrogen and oxygen atoms in total. The number of rotatable bonds is 7. The van der Waals surface area contributed by atoms with Gasteiger partial charge in [0.1, 0.15) is 0 Å². The number of likely N-dealkylation sites (tertiary alicyclic amines) is 1. The molecule has 1 heterocycles. The van der Waals surface area contributed by atoms with Crippen LogP contribution in [0.4, 0.5) is 0 Å². The highest BCUT2D eigenvalue weighted by molar-refractivity contribution is 5.87. The van der Waals surface area contributed by atoms with Gasteiger partial charge >= 0.3 is 0 Å². The summed E-state index contributed by atoms with van der Waals surface area (Å²) in [5, 5.41) is 2.93. The fourth-order valence-corrected chi connectivity index (χ4v) is 3.33. The van der Waals surface area contributed by atoms with Gasteiger partial charge in [-0.05, 0) is 35.6 Å². The topological polar surface area (TPSA) is 49.4 Å². The summed E-state index contributed by atoms with van der Waals surface area (Å²) in [5.41, 5.74) is 4.41. The first kappa shape index (κ1) is 19.6. The summed E-state index contributed by atoms with van der Waals surface area (Å²) >= 11 is 0. The maximum absolute atomic E-state index is 11.9. The number of nitrogens with zero attached hydrogens (tertiary/aromatic N) is 1. The van der Waals surface area contributed by atoms with Gasteiger partial charge in [-0.3, -0.25) is 9.59 Å². The van der Waals surface area contributed by atoms with Gasteiger partial charge in [0.05, 0.1) is 0 Å². The largest absolute Gasteiger partial charge is 0.348 e. The zero-order valence-electron chi connectivity index (χ0n) is 16.2. The molecule has 0 saturated carbocycles. The maximum atomic E-state index is 11.9. The second-order valence-corrected chi connectivity index (χ2v) is 6.88. The van der Waals surface area contributed by atoms with Crippen molar-refractivity contribution < 1.29 is 9.59 Å². The molecule has 0 aromatic heterocycles. The van der Waals surface area contributed by atoms with Crippen LogP contribution in [0.2, 0.25) is 0 Å². The first-order chi connectivity index (χ1) is 13.7. The second kappa shape index (κ2) is 9.70. The number of carbonyl (C=O) groups excluding carboxylic acids is 2. The van der Waals surface area contributed by atoms with E-state index in [1.165, 1.54) is 6.08 Å². The van der Waals surface area contributed by atoms with Crippen molar-refractivity contribution in [1.29, 1.82) is 0 Å². The number of hydrogen-bond acceptors (Lipinski definition) is 2. The third-order valence-electron chi connectivity index (χ3n) is 4.83. The predicted octanol–water partition coefficient (Wildman–Crippen LogP) is 4.22. The van der Waals surface area contributed by atoms with E-state index in [1.807, 2.05) is 42.2 Å². The van der Waals surface area contributed by atoms with E-state index in [-0.39, 0.29) is 11.8 Å². The Balaban J connectivity index is 1.68. The molecule has 4 heteroatoms. The Kier molecular flexibility index (Phi) is 6.79. The Morgan fingerprint density at radius 2 is 1.89 bits per heavy atom. The summed E-state index contributed by atoms with van der Waals surface area (Å²) in [6, 6.07) is 16.4. The molecule has 1 N–H and O–H groups in total. The van der Waals surface area contributed by atoms with E-state index in [0.29, 0.717) is 19.5 Å². The fraction of sp³-hybridized carbons (Fsp3) is 0.250. The highest BCUT2D eigenvalue weighted by Crippen LogP contribution is 2.25. The second-order valence-electron chi connectivity index (χ2n) is 6.88. The van der Waals surface area contributed by atoms with E-state index in [2.05, 4.69) is 35.6 Å². The van der Waals surface area contributed by atoms with Crippen LogP contribution < -0.4 is 5.32 Å². The molecule has 1 aliphatic heterocycles. The van der Waals surface area contributed by atoms with Crippen molar-refractivity contribution in [3.05, 3.63) is 84.0 Å². The number of carbonyl (C=O) groups is 2. The Morgan fingerprint density at radius 3 is 2.61 bits per heavy atom. The van der Waals surface area contributed by atoms with Crippen LogP contribution in [0.3, 0.4) is 0 Å². The lowest BCUT2D eigenvalue weighted by molar-refractivity contribution is -0.128. The molecule has 2 amide bonds. The lowest BCUT2D eigenvalue weighted by Crippen LogP contribution is -2.23. The molecule has 144 valence electrons. The molecular formula is C24H26N2O2. The maximum Gasteiger partial charge on any atom is 0.244 e. The molecule has 1 aliphatic rings. The molecule has 2 aromatic rings. The summed E-state index contributed by atoms with van der Waals surface area (Å²) < 4.78 is 0. The van der Waals surface area contributed by atoms with Crippen molar-refractivity contribution in [3.8, 4) is 11.1 Å². The van der Waals surface area contributed by atoms with Gasteiger partial charge < -0.3 is 10.2 Å². The molecule has 1 fully saturated rings. The molecule has 0 unspecified atom stereocenters. The average Bonchev–Trinajstić information content (AvgIpc) is 3.12. The SMILES string of the molecule is CC=CC=CC(=O)NCc1ccccc1-c1ccc(CN2CCCC2=O)cc1. The average molecular weight is 374 g/mol. The predicted molar refractivity (Wildman–Crippen MR) is 112 cm³/mol. The first-order valence-electron chi connectivity index (χ1n) is 9.69. The number of benzene rings is 2. The van der Waals surface area contributed by atoms with E-state index < -0.39 is 0 Å². The molecule has 1 saturated heterocycles. The highest BCUT2D eigenvalue weighted by atomic mass is 16.2. The van der Waals surface area contributed by atoms with Crippen LogP contribution in [0.1, 0.15) is 30.9 Å². The lowest BCUT2D eigenvalue weighted by atomic mass is 9.98. The molecular weight excluding hydrogens is 348 g/mol. The summed E-state index contributed by atoms with van der Waals surface area (Å²) in [7, 11) is 0. The van der Waals surface area contributed by atoms with Crippen LogP contribution in [0.25, 0.3) is 11.1 Å². The lowest BCUT2D eigenvalue weighted by Gasteiger charge is -2.16. The van der Waals surface area contributed by atoms with Gasteiger partial charge in [0, 0.05) is 32.1 Å². The summed E-state index contributed by atoms with van der Waals surface area (Å²) in [4.78, 5) is 25.6. The smallest absolute Gasteiger partial charge is 0.244 e. The number of nitrogens with one attached hydrogen (secondary N) is 1. The zero-order valence-corrected chi connectivity index (χ0v) is 16.2. The van der Waals surface area contributed by atoms with Crippen molar-refractivity contribution in [2.75, 3.05) is 6.54 Å². The third kappa shape index (κ3) is 5.19. The molecule has 0 atom stereocenters. The fourth-order valence-electron chi connectivity index (χ4n) is 3.33. The van der Waals surface area contributed by atoms with Crippen LogP contribution in [0, 0.1) is 0 Å². The van der Waals surface area contributed by atoms with E-state index in [4.69, 9.17) is 0 Å². The first-order valence-corrected chi connectivity index (χ1v) is 9.69. The molecule has 2 aromatic carbocycles. The van der Waals surface area contributed by atoms with Crippen molar-refractivity contribution >= 4 is 11.8 Å². The Labute approximate surface area is 166 Å². The minimum Gasteiger partial charge on any atom is -0.348 e. The monoisotopic (exact) mass is 374 g/mol. The van der Waals surface area contributed by atoms with Gasteiger partial charge in [-0.15, -0.1) is 0 Å². The molecule has 0 spiro atoms. The number of allylic oxidation sites excluding steroid dienone is 3. The summed E-state index contributed by atoms with van der Waals surface area (Å²) in [5.74, 6) is 0.132. The van der Waals surface area contributed by atoms with Crippen LogP contribution in [0.15, 0.2) is 72.8 Å². The number of hydrogen-bond donors (Lipinski definition) is 1. The van der Waals surface area contributed by atoms with Crippen LogP contribution in [0.5, 0.6) is 0 Å². The van der Waals surface area contributed by atoms with Crippen LogP contribution >= 0.6 is 0 Å². The van der Waals surface area contributed by atoms with Gasteiger partial charge in [-0.2, -0.15) is 0 Å². The van der Waals surface area contributed by atoms with E-state index in [9.17, 15) is 9.59 Å². The zero-order chi connectivity index (χ0) is 19.8. The summed E-state index contributed by atoms with van der Waals surface area (Å²) in [6.07, 6.45) is 8.58. The van der Waals surface area contributed by atoms with Crippen molar-refractivity contribution in [3.63, 3.8) is 0 Å². The molecule has 0 bridgehead atoms. The highest BCUT2D eigenvalue weighted by Gasteiger charge is 2.19. The third-order valence-corrected chi connectivity index (χ3v) is 4.83. The van der Waals surface area contributed by atoms with Gasteiger partial charge in [0.15, 0.2) is 0 Å². The quantitative estimate of drug-likeness (QED) is 0.583. The Morgan fingerprint density at radius 1 is 1.11 bits per heavy atom. The molecule has 0 aliphatic carbocycles. The molecule has 28 heavy (non-hydrogen) atoms. The van der Waals surface area contributed by atoms with Crippen molar-refractivity contribution in [1.82, 2.24) is 10.2 Å². The van der Waals surface area contributed by atoms with Crippen LogP contribution in [-0.4, -0.2) is 23.3 Å². The van der Waals surface area contributed by atoms with Gasteiger partial charge in [0.25, 0.3) is 0 Å². The van der Waals surface area contributed by atoms with E-state index >= 15 is 0 Å². The summed E-state index contributed by atoms with van der Waals surface area (Å²) in [6.45, 7) is 3.91.